The van der Waals surface area contributed by atoms with E-state index in [0.29, 0.717) is 18.1 Å². The SMILES string of the molecule is CC(CN(C(=O)c1ccnc(OCc2ccccc2)c1)C1CC1)C(=O)O. The molecule has 0 aliphatic heterocycles. The fraction of sp³-hybridized carbons (Fsp3) is 0.350. The van der Waals surface area contributed by atoms with Crippen molar-refractivity contribution < 1.29 is 19.4 Å². The highest BCUT2D eigenvalue weighted by atomic mass is 16.5. The summed E-state index contributed by atoms with van der Waals surface area (Å²) >= 11 is 0. The number of aromatic nitrogens is 1. The molecule has 0 bridgehead atoms. The number of carbonyl (C=O) groups excluding carboxylic acids is 1. The quantitative estimate of drug-likeness (QED) is 0.788. The summed E-state index contributed by atoms with van der Waals surface area (Å²) in [5, 5.41) is 9.14. The number of rotatable bonds is 8. The predicted molar refractivity (Wildman–Crippen MR) is 95.9 cm³/mol. The summed E-state index contributed by atoms with van der Waals surface area (Å²) < 4.78 is 5.68. The molecule has 1 fully saturated rings. The van der Waals surface area contributed by atoms with Crippen molar-refractivity contribution in [1.82, 2.24) is 9.88 Å². The van der Waals surface area contributed by atoms with Gasteiger partial charge in [0.1, 0.15) is 6.61 Å². The van der Waals surface area contributed by atoms with Crippen LogP contribution in [0.15, 0.2) is 48.7 Å². The van der Waals surface area contributed by atoms with Gasteiger partial charge in [-0.15, -0.1) is 0 Å². The van der Waals surface area contributed by atoms with Crippen molar-refractivity contribution in [1.29, 1.82) is 0 Å². The summed E-state index contributed by atoms with van der Waals surface area (Å²) in [6.07, 6.45) is 3.38. The molecule has 1 aliphatic rings. The van der Waals surface area contributed by atoms with E-state index in [4.69, 9.17) is 9.84 Å². The molecule has 26 heavy (non-hydrogen) atoms. The number of hydrogen-bond donors (Lipinski definition) is 1. The van der Waals surface area contributed by atoms with E-state index in [-0.39, 0.29) is 18.5 Å². The third kappa shape index (κ3) is 4.59. The molecule has 136 valence electrons. The van der Waals surface area contributed by atoms with E-state index in [0.717, 1.165) is 18.4 Å². The Morgan fingerprint density at radius 2 is 2.00 bits per heavy atom. The standard InChI is InChI=1S/C20H22N2O4/c1-14(20(24)25)12-22(17-7-8-17)19(23)16-9-10-21-18(11-16)26-13-15-5-3-2-4-6-15/h2-6,9-11,14,17H,7-8,12-13H2,1H3,(H,24,25). The third-order valence-electron chi connectivity index (χ3n) is 4.35. The van der Waals surface area contributed by atoms with Crippen molar-refractivity contribution in [3.63, 3.8) is 0 Å². The Bertz CT molecular complexity index is 774. The molecule has 0 spiro atoms. The molecule has 0 saturated heterocycles. The van der Waals surface area contributed by atoms with Gasteiger partial charge >= 0.3 is 5.97 Å². The minimum Gasteiger partial charge on any atom is -0.481 e. The van der Waals surface area contributed by atoms with Crippen molar-refractivity contribution in [2.24, 2.45) is 5.92 Å². The van der Waals surface area contributed by atoms with E-state index in [1.54, 1.807) is 30.2 Å². The van der Waals surface area contributed by atoms with Crippen LogP contribution in [0.1, 0.15) is 35.7 Å². The van der Waals surface area contributed by atoms with E-state index < -0.39 is 11.9 Å². The molecule has 1 saturated carbocycles. The van der Waals surface area contributed by atoms with Gasteiger partial charge in [-0.05, 0) is 24.5 Å². The maximum atomic E-state index is 12.9. The van der Waals surface area contributed by atoms with Gasteiger partial charge in [0.2, 0.25) is 5.88 Å². The van der Waals surface area contributed by atoms with E-state index in [1.165, 1.54) is 0 Å². The zero-order valence-corrected chi connectivity index (χ0v) is 14.7. The number of carboxylic acid groups (broad SMARTS) is 1. The molecule has 1 aromatic carbocycles. The number of aliphatic carboxylic acids is 1. The number of nitrogens with zero attached hydrogens (tertiary/aromatic N) is 2. The van der Waals surface area contributed by atoms with Gasteiger partial charge in [0.15, 0.2) is 0 Å². The largest absolute Gasteiger partial charge is 0.481 e. The van der Waals surface area contributed by atoms with Gasteiger partial charge in [0, 0.05) is 30.4 Å². The first-order valence-corrected chi connectivity index (χ1v) is 8.71. The Hall–Kier alpha value is -2.89. The second-order valence-electron chi connectivity index (χ2n) is 6.59. The molecule has 2 aromatic rings. The van der Waals surface area contributed by atoms with Crippen LogP contribution in [0.5, 0.6) is 5.88 Å². The van der Waals surface area contributed by atoms with Gasteiger partial charge in [-0.1, -0.05) is 37.3 Å². The van der Waals surface area contributed by atoms with Crippen molar-refractivity contribution in [2.75, 3.05) is 6.54 Å². The Morgan fingerprint density at radius 3 is 2.65 bits per heavy atom. The average Bonchev–Trinajstić information content (AvgIpc) is 3.49. The van der Waals surface area contributed by atoms with Crippen LogP contribution < -0.4 is 4.74 Å². The molecule has 1 amide bonds. The number of amides is 1. The second kappa shape index (κ2) is 7.99. The lowest BCUT2D eigenvalue weighted by atomic mass is 10.1. The molecule has 1 heterocycles. The molecule has 1 N–H and O–H groups in total. The number of hydrogen-bond acceptors (Lipinski definition) is 4. The summed E-state index contributed by atoms with van der Waals surface area (Å²) in [6.45, 7) is 2.20. The van der Waals surface area contributed by atoms with Crippen molar-refractivity contribution in [3.8, 4) is 5.88 Å². The lowest BCUT2D eigenvalue weighted by Crippen LogP contribution is -2.38. The van der Waals surface area contributed by atoms with Crippen LogP contribution in [0.25, 0.3) is 0 Å². The van der Waals surface area contributed by atoms with Crippen molar-refractivity contribution in [3.05, 3.63) is 59.8 Å². The first-order valence-electron chi connectivity index (χ1n) is 8.71. The molecule has 0 radical (unpaired) electrons. The zero-order valence-electron chi connectivity index (χ0n) is 14.7. The van der Waals surface area contributed by atoms with Gasteiger partial charge in [-0.3, -0.25) is 9.59 Å². The van der Waals surface area contributed by atoms with E-state index in [2.05, 4.69) is 4.98 Å². The number of carboxylic acids is 1. The second-order valence-corrected chi connectivity index (χ2v) is 6.59. The summed E-state index contributed by atoms with van der Waals surface area (Å²) in [6, 6.07) is 13.1. The molecule has 1 unspecified atom stereocenters. The zero-order chi connectivity index (χ0) is 18.5. The molecular formula is C20H22N2O4. The fourth-order valence-electron chi connectivity index (χ4n) is 2.68. The van der Waals surface area contributed by atoms with Gasteiger partial charge < -0.3 is 14.7 Å². The maximum absolute atomic E-state index is 12.9. The van der Waals surface area contributed by atoms with Crippen LogP contribution in [-0.2, 0) is 11.4 Å². The van der Waals surface area contributed by atoms with Gasteiger partial charge in [0.05, 0.1) is 5.92 Å². The Morgan fingerprint density at radius 1 is 1.27 bits per heavy atom. The normalized spacial score (nSPS) is 14.5. The lowest BCUT2D eigenvalue weighted by Gasteiger charge is -2.24. The molecule has 1 atom stereocenters. The summed E-state index contributed by atoms with van der Waals surface area (Å²) in [4.78, 5) is 29.8. The third-order valence-corrected chi connectivity index (χ3v) is 4.35. The highest BCUT2D eigenvalue weighted by Gasteiger charge is 2.35. The smallest absolute Gasteiger partial charge is 0.308 e. The molecule has 1 aromatic heterocycles. The highest BCUT2D eigenvalue weighted by molar-refractivity contribution is 5.95. The minimum atomic E-state index is -0.898. The number of pyridine rings is 1. The molecule has 6 heteroatoms. The minimum absolute atomic E-state index is 0.131. The van der Waals surface area contributed by atoms with E-state index in [1.807, 2.05) is 30.3 Å². The number of benzene rings is 1. The Balaban J connectivity index is 1.69. The Kier molecular flexibility index (Phi) is 5.51. The maximum Gasteiger partial charge on any atom is 0.308 e. The van der Waals surface area contributed by atoms with E-state index >= 15 is 0 Å². The van der Waals surface area contributed by atoms with Crippen molar-refractivity contribution in [2.45, 2.75) is 32.4 Å². The molecular weight excluding hydrogens is 332 g/mol. The first-order chi connectivity index (χ1) is 12.5. The van der Waals surface area contributed by atoms with Crippen LogP contribution in [0, 0.1) is 5.92 Å². The number of ether oxygens (including phenoxy) is 1. The summed E-state index contributed by atoms with van der Waals surface area (Å²) in [7, 11) is 0. The molecule has 1 aliphatic carbocycles. The van der Waals surface area contributed by atoms with Gasteiger partial charge in [-0.25, -0.2) is 4.98 Å². The van der Waals surface area contributed by atoms with Crippen LogP contribution >= 0.6 is 0 Å². The summed E-state index contributed by atoms with van der Waals surface area (Å²) in [5.74, 6) is -1.30. The predicted octanol–water partition coefficient (Wildman–Crippen LogP) is 2.99. The van der Waals surface area contributed by atoms with Crippen LogP contribution in [-0.4, -0.2) is 39.5 Å². The van der Waals surface area contributed by atoms with Crippen molar-refractivity contribution >= 4 is 11.9 Å². The fourth-order valence-corrected chi connectivity index (χ4v) is 2.68. The van der Waals surface area contributed by atoms with Gasteiger partial charge in [0.25, 0.3) is 5.91 Å². The average molecular weight is 354 g/mol. The van der Waals surface area contributed by atoms with Crippen LogP contribution in [0.3, 0.4) is 0 Å². The lowest BCUT2D eigenvalue weighted by molar-refractivity contribution is -0.141. The van der Waals surface area contributed by atoms with Crippen LogP contribution in [0.4, 0.5) is 0 Å². The molecule has 3 rings (SSSR count). The first kappa shape index (κ1) is 17.9. The summed E-state index contributed by atoms with van der Waals surface area (Å²) in [5.41, 5.74) is 1.48. The highest BCUT2D eigenvalue weighted by Crippen LogP contribution is 2.29. The van der Waals surface area contributed by atoms with Gasteiger partial charge in [-0.2, -0.15) is 0 Å². The Labute approximate surface area is 152 Å². The molecule has 6 nitrogen and oxygen atoms in total. The topological polar surface area (TPSA) is 79.7 Å². The monoisotopic (exact) mass is 354 g/mol. The number of carbonyl (C=O) groups is 2. The van der Waals surface area contributed by atoms with Crippen LogP contribution in [0.2, 0.25) is 0 Å². The van der Waals surface area contributed by atoms with E-state index in [9.17, 15) is 9.59 Å².